The number of aromatic nitrogens is 3. The van der Waals surface area contributed by atoms with E-state index in [4.69, 9.17) is 19.4 Å². The van der Waals surface area contributed by atoms with Gasteiger partial charge in [-0.15, -0.1) is 0 Å². The van der Waals surface area contributed by atoms with Gasteiger partial charge in [0.2, 0.25) is 0 Å². The van der Waals surface area contributed by atoms with Crippen molar-refractivity contribution >= 4 is 43.5 Å². The molecule has 2 aromatic heterocycles. The maximum absolute atomic E-state index is 6.61. The van der Waals surface area contributed by atoms with E-state index in [-0.39, 0.29) is 0 Å². The highest BCUT2D eigenvalue weighted by molar-refractivity contribution is 6.22. The van der Waals surface area contributed by atoms with Gasteiger partial charge in [0.05, 0.1) is 0 Å². The monoisotopic (exact) mass is 651 g/mol. The van der Waals surface area contributed by atoms with Crippen molar-refractivity contribution in [2.45, 2.75) is 0 Å². The van der Waals surface area contributed by atoms with Crippen molar-refractivity contribution in [2.24, 2.45) is 0 Å². The van der Waals surface area contributed by atoms with Gasteiger partial charge in [-0.1, -0.05) is 158 Å². The summed E-state index contributed by atoms with van der Waals surface area (Å²) in [6.07, 6.45) is 0. The van der Waals surface area contributed by atoms with Crippen molar-refractivity contribution in [2.75, 3.05) is 0 Å². The summed E-state index contributed by atoms with van der Waals surface area (Å²) in [6.45, 7) is 0. The van der Waals surface area contributed by atoms with Gasteiger partial charge in [0.25, 0.3) is 0 Å². The van der Waals surface area contributed by atoms with Gasteiger partial charge in [0.15, 0.2) is 17.5 Å². The van der Waals surface area contributed by atoms with E-state index in [9.17, 15) is 0 Å². The zero-order valence-corrected chi connectivity index (χ0v) is 27.5. The van der Waals surface area contributed by atoms with Crippen LogP contribution < -0.4 is 0 Å². The highest BCUT2D eigenvalue weighted by atomic mass is 16.3. The molecule has 0 aliphatic carbocycles. The summed E-state index contributed by atoms with van der Waals surface area (Å²) in [5.41, 5.74) is 9.05. The normalized spacial score (nSPS) is 11.5. The minimum absolute atomic E-state index is 0.598. The maximum Gasteiger partial charge on any atom is 0.164 e. The number of hydrogen-bond acceptors (Lipinski definition) is 4. The second-order valence-electron chi connectivity index (χ2n) is 12.8. The Kier molecular flexibility index (Phi) is 6.78. The SMILES string of the molecule is c1ccc(-c2ccc(-c3nc(-c4ccccc4)nc(-c4cc5oc6ccc(-c7cccc8ccccc78)cc6c5c5ccccc45)n3)cc2)cc1. The lowest BCUT2D eigenvalue weighted by Gasteiger charge is -2.11. The second-order valence-corrected chi connectivity index (χ2v) is 12.8. The molecule has 4 nitrogen and oxygen atoms in total. The molecule has 0 aliphatic heterocycles. The van der Waals surface area contributed by atoms with E-state index in [1.54, 1.807) is 0 Å². The first-order valence-electron chi connectivity index (χ1n) is 17.1. The topological polar surface area (TPSA) is 51.8 Å². The smallest absolute Gasteiger partial charge is 0.164 e. The first-order valence-corrected chi connectivity index (χ1v) is 17.1. The van der Waals surface area contributed by atoms with Crippen LogP contribution >= 0.6 is 0 Å². The quantitative estimate of drug-likeness (QED) is 0.186. The fourth-order valence-electron chi connectivity index (χ4n) is 7.25. The van der Waals surface area contributed by atoms with Gasteiger partial charge >= 0.3 is 0 Å². The van der Waals surface area contributed by atoms with Crippen molar-refractivity contribution in [3.63, 3.8) is 0 Å². The average molecular weight is 652 g/mol. The zero-order valence-electron chi connectivity index (χ0n) is 27.5. The predicted molar refractivity (Wildman–Crippen MR) is 209 cm³/mol. The first kappa shape index (κ1) is 29.0. The van der Waals surface area contributed by atoms with Gasteiger partial charge < -0.3 is 4.42 Å². The largest absolute Gasteiger partial charge is 0.456 e. The second kappa shape index (κ2) is 11.9. The van der Waals surface area contributed by atoms with Gasteiger partial charge in [0, 0.05) is 27.5 Å². The minimum Gasteiger partial charge on any atom is -0.456 e. The minimum atomic E-state index is 0.598. The molecule has 0 saturated heterocycles. The Morgan fingerprint density at radius 3 is 1.63 bits per heavy atom. The van der Waals surface area contributed by atoms with Crippen molar-refractivity contribution in [3.8, 4) is 56.4 Å². The van der Waals surface area contributed by atoms with Crippen LogP contribution in [0.15, 0.2) is 180 Å². The Morgan fingerprint density at radius 2 is 0.863 bits per heavy atom. The molecule has 0 bridgehead atoms. The third-order valence-electron chi connectivity index (χ3n) is 9.74. The Morgan fingerprint density at radius 1 is 0.314 bits per heavy atom. The van der Waals surface area contributed by atoms with Crippen LogP contribution in [0.1, 0.15) is 0 Å². The molecule has 0 atom stereocenters. The van der Waals surface area contributed by atoms with E-state index in [2.05, 4.69) is 140 Å². The summed E-state index contributed by atoms with van der Waals surface area (Å²) >= 11 is 0. The van der Waals surface area contributed by atoms with Crippen LogP contribution in [0.3, 0.4) is 0 Å². The van der Waals surface area contributed by atoms with Crippen LogP contribution in [0.2, 0.25) is 0 Å². The number of rotatable bonds is 5. The summed E-state index contributed by atoms with van der Waals surface area (Å²) in [5.74, 6) is 1.84. The van der Waals surface area contributed by atoms with Crippen molar-refractivity contribution < 1.29 is 4.42 Å². The summed E-state index contributed by atoms with van der Waals surface area (Å²) in [6, 6.07) is 61.0. The fraction of sp³-hybridized carbons (Fsp3) is 0. The number of fused-ring (bicyclic) bond motifs is 6. The van der Waals surface area contributed by atoms with E-state index in [0.717, 1.165) is 60.5 Å². The summed E-state index contributed by atoms with van der Waals surface area (Å²) in [4.78, 5) is 15.2. The van der Waals surface area contributed by atoms with Gasteiger partial charge in [0.1, 0.15) is 11.2 Å². The zero-order chi connectivity index (χ0) is 33.7. The van der Waals surface area contributed by atoms with Gasteiger partial charge in [-0.25, -0.2) is 15.0 Å². The van der Waals surface area contributed by atoms with Crippen molar-refractivity contribution in [1.29, 1.82) is 0 Å². The summed E-state index contributed by atoms with van der Waals surface area (Å²) < 4.78 is 6.61. The molecule has 4 heteroatoms. The lowest BCUT2D eigenvalue weighted by atomic mass is 9.95. The maximum atomic E-state index is 6.61. The molecular weight excluding hydrogens is 623 g/mol. The number of furan rings is 1. The van der Waals surface area contributed by atoms with Crippen LogP contribution in [0.4, 0.5) is 0 Å². The van der Waals surface area contributed by atoms with E-state index in [0.29, 0.717) is 17.5 Å². The molecule has 2 heterocycles. The van der Waals surface area contributed by atoms with E-state index < -0.39 is 0 Å². The first-order chi connectivity index (χ1) is 25.3. The van der Waals surface area contributed by atoms with Gasteiger partial charge in [-0.05, 0) is 62.0 Å². The van der Waals surface area contributed by atoms with Crippen molar-refractivity contribution in [1.82, 2.24) is 15.0 Å². The van der Waals surface area contributed by atoms with Gasteiger partial charge in [-0.3, -0.25) is 0 Å². The summed E-state index contributed by atoms with van der Waals surface area (Å²) in [7, 11) is 0. The average Bonchev–Trinajstić information content (AvgIpc) is 3.59. The highest BCUT2D eigenvalue weighted by Crippen LogP contribution is 2.41. The predicted octanol–water partition coefficient (Wildman–Crippen LogP) is 12.4. The fourth-order valence-corrected chi connectivity index (χ4v) is 7.25. The molecule has 8 aromatic carbocycles. The Labute approximate surface area is 294 Å². The van der Waals surface area contributed by atoms with Gasteiger partial charge in [-0.2, -0.15) is 0 Å². The number of hydrogen-bond donors (Lipinski definition) is 0. The Bertz CT molecular complexity index is 2890. The van der Waals surface area contributed by atoms with Crippen LogP contribution in [-0.4, -0.2) is 15.0 Å². The molecule has 0 aliphatic rings. The summed E-state index contributed by atoms with van der Waals surface area (Å²) in [5, 5.41) is 6.77. The molecule has 0 radical (unpaired) electrons. The molecule has 10 rings (SSSR count). The molecule has 0 saturated carbocycles. The third kappa shape index (κ3) is 5.04. The Hall–Kier alpha value is -6.91. The van der Waals surface area contributed by atoms with E-state index in [1.807, 2.05) is 36.4 Å². The van der Waals surface area contributed by atoms with Crippen molar-refractivity contribution in [3.05, 3.63) is 176 Å². The molecule has 51 heavy (non-hydrogen) atoms. The third-order valence-corrected chi connectivity index (χ3v) is 9.74. The Balaban J connectivity index is 1.17. The standard InChI is InChI=1S/C47H29N3O/c1-3-12-30(13-4-1)31-22-24-34(25-23-31)46-48-45(33-15-5-2-6-16-33)49-47(50-46)40-29-43-44(39-20-10-9-19-38(39)40)41-28-35(26-27-42(41)51-43)37-21-11-17-32-14-7-8-18-36(32)37/h1-29H. The molecule has 238 valence electrons. The van der Waals surface area contributed by atoms with Crippen LogP contribution in [-0.2, 0) is 0 Å². The van der Waals surface area contributed by atoms with E-state index in [1.165, 1.54) is 21.9 Å². The van der Waals surface area contributed by atoms with Crippen LogP contribution in [0.5, 0.6) is 0 Å². The molecule has 0 unspecified atom stereocenters. The van der Waals surface area contributed by atoms with Crippen LogP contribution in [0.25, 0.3) is 99.9 Å². The number of nitrogens with zero attached hydrogens (tertiary/aromatic N) is 3. The van der Waals surface area contributed by atoms with E-state index >= 15 is 0 Å². The molecule has 0 fully saturated rings. The molecule has 10 aromatic rings. The van der Waals surface area contributed by atoms with Crippen LogP contribution in [0, 0.1) is 0 Å². The lowest BCUT2D eigenvalue weighted by Crippen LogP contribution is -2.00. The molecule has 0 N–H and O–H groups in total. The highest BCUT2D eigenvalue weighted by Gasteiger charge is 2.19. The molecule has 0 spiro atoms. The molecular formula is C47H29N3O. The molecule has 0 amide bonds. The lowest BCUT2D eigenvalue weighted by molar-refractivity contribution is 0.669. The number of benzene rings is 8.